The first kappa shape index (κ1) is 23.9. The number of amides is 1. The maximum Gasteiger partial charge on any atom is 0.416 e. The number of aromatic nitrogens is 5. The van der Waals surface area contributed by atoms with Gasteiger partial charge in [0.15, 0.2) is 11.0 Å². The lowest BCUT2D eigenvalue weighted by molar-refractivity contribution is -0.137. The maximum absolute atomic E-state index is 13.3. The highest BCUT2D eigenvalue weighted by Crippen LogP contribution is 2.34. The Bertz CT molecular complexity index is 1280. The van der Waals surface area contributed by atoms with Crippen LogP contribution in [-0.4, -0.2) is 37.2 Å². The van der Waals surface area contributed by atoms with E-state index < -0.39 is 17.6 Å². The fraction of sp³-hybridized carbons (Fsp3) is 0.190. The Morgan fingerprint density at radius 1 is 1.24 bits per heavy atom. The molecular weight excluding hydrogens is 489 g/mol. The van der Waals surface area contributed by atoms with Gasteiger partial charge < -0.3 is 0 Å². The van der Waals surface area contributed by atoms with E-state index in [2.05, 4.69) is 25.6 Å². The number of nitrogens with one attached hydrogen (secondary N) is 1. The van der Waals surface area contributed by atoms with Gasteiger partial charge in [-0.2, -0.15) is 13.2 Å². The van der Waals surface area contributed by atoms with E-state index in [0.29, 0.717) is 33.9 Å². The third-order valence-corrected chi connectivity index (χ3v) is 6.37. The molecule has 0 unspecified atom stereocenters. The number of alkyl halides is 3. The third-order valence-electron chi connectivity index (χ3n) is 4.40. The largest absolute Gasteiger partial charge is 0.416 e. The van der Waals surface area contributed by atoms with Gasteiger partial charge in [-0.15, -0.1) is 21.5 Å². The summed E-state index contributed by atoms with van der Waals surface area (Å²) in [4.78, 5) is 25.2. The molecule has 0 aliphatic rings. The summed E-state index contributed by atoms with van der Waals surface area (Å²) in [5, 5.41) is 11.0. The molecule has 0 atom stereocenters. The molecule has 8 nitrogen and oxygen atoms in total. The van der Waals surface area contributed by atoms with E-state index in [-0.39, 0.29) is 11.4 Å². The summed E-state index contributed by atoms with van der Waals surface area (Å²) in [6.07, 6.45) is -1.34. The number of hydrogen-bond acceptors (Lipinski definition) is 8. The maximum atomic E-state index is 13.3. The predicted octanol–water partition coefficient (Wildman–Crippen LogP) is 4.78. The molecule has 1 aromatic carbocycles. The second-order valence-corrected chi connectivity index (χ2v) is 8.60. The van der Waals surface area contributed by atoms with Gasteiger partial charge in [-0.1, -0.05) is 17.8 Å². The number of thiazole rings is 1. The summed E-state index contributed by atoms with van der Waals surface area (Å²) in [7, 11) is 0. The van der Waals surface area contributed by atoms with Gasteiger partial charge in [0.05, 0.1) is 23.6 Å². The van der Waals surface area contributed by atoms with Crippen LogP contribution in [-0.2, 0) is 16.8 Å². The van der Waals surface area contributed by atoms with E-state index in [4.69, 9.17) is 4.84 Å². The first-order valence-electron chi connectivity index (χ1n) is 9.89. The number of thioether (sulfide) groups is 1. The Balaban J connectivity index is 1.65. The molecule has 0 aliphatic heterocycles. The molecule has 34 heavy (non-hydrogen) atoms. The molecule has 1 N–H and O–H groups in total. The number of hydrogen-bond donors (Lipinski definition) is 1. The molecule has 3 aromatic heterocycles. The summed E-state index contributed by atoms with van der Waals surface area (Å²) in [5.74, 6) is 0.225. The van der Waals surface area contributed by atoms with Gasteiger partial charge >= 0.3 is 6.18 Å². The van der Waals surface area contributed by atoms with Gasteiger partial charge in [0, 0.05) is 23.3 Å². The van der Waals surface area contributed by atoms with Crippen LogP contribution in [0.15, 0.2) is 59.3 Å². The number of halogens is 3. The van der Waals surface area contributed by atoms with Crippen LogP contribution in [0.1, 0.15) is 28.0 Å². The minimum absolute atomic E-state index is 0.212. The van der Waals surface area contributed by atoms with Gasteiger partial charge in [-0.25, -0.2) is 10.5 Å². The lowest BCUT2D eigenvalue weighted by Gasteiger charge is -2.13. The normalized spacial score (nSPS) is 11.5. The molecule has 0 saturated carbocycles. The van der Waals surface area contributed by atoms with Crippen molar-refractivity contribution >= 4 is 29.0 Å². The van der Waals surface area contributed by atoms with Crippen molar-refractivity contribution in [3.8, 4) is 17.1 Å². The SMILES string of the molecule is CCONC(=O)c1csc(CSc2nnc(-c3cccnc3)n2-c2cccc(C(F)(F)F)c2)n1. The zero-order chi connectivity index (χ0) is 24.1. The second kappa shape index (κ2) is 10.3. The van der Waals surface area contributed by atoms with Crippen molar-refractivity contribution in [2.75, 3.05) is 6.61 Å². The number of carbonyl (C=O) groups excluding carboxylic acids is 1. The average Bonchev–Trinajstić information content (AvgIpc) is 3.48. The highest BCUT2D eigenvalue weighted by atomic mass is 32.2. The van der Waals surface area contributed by atoms with Gasteiger partial charge in [-0.3, -0.25) is 19.2 Å². The zero-order valence-electron chi connectivity index (χ0n) is 17.6. The third kappa shape index (κ3) is 5.43. The van der Waals surface area contributed by atoms with Crippen molar-refractivity contribution in [2.24, 2.45) is 0 Å². The smallest absolute Gasteiger partial charge is 0.274 e. The van der Waals surface area contributed by atoms with Gasteiger partial charge in [0.1, 0.15) is 10.7 Å². The molecule has 1 amide bonds. The van der Waals surface area contributed by atoms with Crippen LogP contribution in [0.25, 0.3) is 17.1 Å². The van der Waals surface area contributed by atoms with Crippen LogP contribution in [0.2, 0.25) is 0 Å². The number of carbonyl (C=O) groups is 1. The van der Waals surface area contributed by atoms with Crippen molar-refractivity contribution in [1.82, 2.24) is 30.2 Å². The van der Waals surface area contributed by atoms with E-state index >= 15 is 0 Å². The Hall–Kier alpha value is -3.29. The van der Waals surface area contributed by atoms with E-state index in [1.165, 1.54) is 29.2 Å². The molecule has 0 saturated heterocycles. The first-order valence-corrected chi connectivity index (χ1v) is 11.8. The van der Waals surface area contributed by atoms with Crippen molar-refractivity contribution in [3.05, 3.63) is 70.4 Å². The number of rotatable bonds is 8. The fourth-order valence-corrected chi connectivity index (χ4v) is 4.64. The van der Waals surface area contributed by atoms with Gasteiger partial charge in [0.25, 0.3) is 5.91 Å². The topological polar surface area (TPSA) is 94.8 Å². The van der Waals surface area contributed by atoms with E-state index in [9.17, 15) is 18.0 Å². The standard InChI is InChI=1S/C21H17F3N6O2S2/c1-2-32-29-19(31)16-11-33-17(26-16)12-34-20-28-27-18(13-5-4-8-25-10-13)30(20)15-7-3-6-14(9-15)21(22,23)24/h3-11H,2,12H2,1H3,(H,29,31). The molecule has 4 aromatic rings. The second-order valence-electron chi connectivity index (χ2n) is 6.71. The minimum atomic E-state index is -4.49. The van der Waals surface area contributed by atoms with E-state index in [1.54, 1.807) is 47.5 Å². The summed E-state index contributed by atoms with van der Waals surface area (Å²) in [6.45, 7) is 2.06. The molecule has 0 spiro atoms. The van der Waals surface area contributed by atoms with Crippen LogP contribution in [0.4, 0.5) is 13.2 Å². The van der Waals surface area contributed by atoms with Crippen molar-refractivity contribution in [2.45, 2.75) is 24.0 Å². The number of hydroxylamine groups is 1. The molecule has 0 fully saturated rings. The first-order chi connectivity index (χ1) is 16.4. The lowest BCUT2D eigenvalue weighted by Crippen LogP contribution is -2.23. The van der Waals surface area contributed by atoms with Crippen molar-refractivity contribution in [1.29, 1.82) is 0 Å². The van der Waals surface area contributed by atoms with Crippen molar-refractivity contribution in [3.63, 3.8) is 0 Å². The quantitative estimate of drug-likeness (QED) is 0.272. The highest BCUT2D eigenvalue weighted by molar-refractivity contribution is 7.98. The minimum Gasteiger partial charge on any atom is -0.274 e. The van der Waals surface area contributed by atoms with Crippen LogP contribution >= 0.6 is 23.1 Å². The molecule has 3 heterocycles. The molecule has 0 aliphatic carbocycles. The highest BCUT2D eigenvalue weighted by Gasteiger charge is 2.31. The molecule has 0 radical (unpaired) electrons. The Labute approximate surface area is 200 Å². The van der Waals surface area contributed by atoms with Crippen molar-refractivity contribution < 1.29 is 22.8 Å². The van der Waals surface area contributed by atoms with Gasteiger partial charge in [-0.05, 0) is 37.3 Å². The summed E-state index contributed by atoms with van der Waals surface area (Å²) in [6, 6.07) is 8.41. The summed E-state index contributed by atoms with van der Waals surface area (Å²) < 4.78 is 41.6. The van der Waals surface area contributed by atoms with E-state index in [0.717, 1.165) is 12.1 Å². The zero-order valence-corrected chi connectivity index (χ0v) is 19.2. The molecule has 0 bridgehead atoms. The van der Waals surface area contributed by atoms with Crippen LogP contribution in [0, 0.1) is 0 Å². The predicted molar refractivity (Wildman–Crippen MR) is 120 cm³/mol. The number of pyridine rings is 1. The monoisotopic (exact) mass is 506 g/mol. The molecule has 4 rings (SSSR count). The molecule has 176 valence electrons. The van der Waals surface area contributed by atoms with Crippen LogP contribution < -0.4 is 5.48 Å². The summed E-state index contributed by atoms with van der Waals surface area (Å²) in [5.41, 5.74) is 2.57. The Kier molecular flexibility index (Phi) is 7.24. The molecular formula is C21H17F3N6O2S2. The summed E-state index contributed by atoms with van der Waals surface area (Å²) >= 11 is 2.52. The van der Waals surface area contributed by atoms with E-state index in [1.807, 2.05) is 0 Å². The van der Waals surface area contributed by atoms with Crippen LogP contribution in [0.5, 0.6) is 0 Å². The number of benzene rings is 1. The number of nitrogens with zero attached hydrogens (tertiary/aromatic N) is 5. The Morgan fingerprint density at radius 2 is 2.09 bits per heavy atom. The van der Waals surface area contributed by atoms with Crippen LogP contribution in [0.3, 0.4) is 0 Å². The van der Waals surface area contributed by atoms with Gasteiger partial charge in [0.2, 0.25) is 0 Å². The Morgan fingerprint density at radius 3 is 2.82 bits per heavy atom. The average molecular weight is 507 g/mol. The fourth-order valence-electron chi connectivity index (χ4n) is 2.90. The lowest BCUT2D eigenvalue weighted by atomic mass is 10.2. The molecule has 13 heteroatoms.